The second-order valence-electron chi connectivity index (χ2n) is 16.2. The van der Waals surface area contributed by atoms with Crippen LogP contribution in [-0.2, 0) is 33.2 Å². The molecule has 0 amide bonds. The Balaban J connectivity index is 1.81. The van der Waals surface area contributed by atoms with Gasteiger partial charge in [0, 0.05) is 13.0 Å². The van der Waals surface area contributed by atoms with Gasteiger partial charge in [0.2, 0.25) is 0 Å². The van der Waals surface area contributed by atoms with Crippen molar-refractivity contribution in [3.63, 3.8) is 0 Å². The van der Waals surface area contributed by atoms with Gasteiger partial charge in [0.05, 0.1) is 26.4 Å². The van der Waals surface area contributed by atoms with E-state index in [0.717, 1.165) is 96.3 Å². The maximum atomic E-state index is 12.9. The molecule has 0 aromatic heterocycles. The molecule has 7 N–H and O–H groups in total. The third-order valence-corrected chi connectivity index (χ3v) is 10.6. The Labute approximate surface area is 382 Å². The molecular weight excluding hydrogens is 825 g/mol. The van der Waals surface area contributed by atoms with E-state index in [0.29, 0.717) is 13.0 Å². The second-order valence-corrected chi connectivity index (χ2v) is 16.2. The van der Waals surface area contributed by atoms with E-state index in [-0.39, 0.29) is 19.6 Å². The van der Waals surface area contributed by atoms with Gasteiger partial charge in [0.25, 0.3) is 0 Å². The van der Waals surface area contributed by atoms with Crippen LogP contribution in [0.1, 0.15) is 123 Å². The average Bonchev–Trinajstić information content (AvgIpc) is 3.29. The number of esters is 1. The maximum absolute atomic E-state index is 12.9. The summed E-state index contributed by atoms with van der Waals surface area (Å²) < 4.78 is 34.0. The third kappa shape index (κ3) is 25.2. The van der Waals surface area contributed by atoms with Gasteiger partial charge < -0.3 is 64.2 Å². The molecule has 14 nitrogen and oxygen atoms in total. The number of aliphatic hydroxyl groups is 7. The Bertz CT molecular complexity index is 1380. The number of ether oxygens (including phenoxy) is 6. The summed E-state index contributed by atoms with van der Waals surface area (Å²) in [5, 5.41) is 71.9. The van der Waals surface area contributed by atoms with E-state index < -0.39 is 86.7 Å². The number of carbonyl (C=O) groups is 1. The predicted octanol–water partition coefficient (Wildman–Crippen LogP) is 6.12. The second kappa shape index (κ2) is 37.3. The van der Waals surface area contributed by atoms with Crippen molar-refractivity contribution in [1.29, 1.82) is 0 Å². The van der Waals surface area contributed by atoms with Crippen molar-refractivity contribution in [2.45, 2.75) is 191 Å². The minimum absolute atomic E-state index is 0.0126. The first-order valence-electron chi connectivity index (χ1n) is 23.7. The Morgan fingerprint density at radius 1 is 0.531 bits per heavy atom. The number of rotatable bonds is 35. The molecule has 64 heavy (non-hydrogen) atoms. The number of carbonyl (C=O) groups excluding carboxylic acids is 1. The van der Waals surface area contributed by atoms with Crippen LogP contribution in [0.5, 0.6) is 0 Å². The fourth-order valence-electron chi connectivity index (χ4n) is 6.77. The molecule has 2 aliphatic rings. The molecule has 0 bridgehead atoms. The molecule has 11 unspecified atom stereocenters. The summed E-state index contributed by atoms with van der Waals surface area (Å²) in [5.41, 5.74) is 0. The van der Waals surface area contributed by atoms with Gasteiger partial charge in [-0.05, 0) is 77.0 Å². The first kappa shape index (κ1) is 57.3. The summed E-state index contributed by atoms with van der Waals surface area (Å²) in [6.45, 7) is 3.30. The van der Waals surface area contributed by atoms with Crippen LogP contribution in [-0.4, -0.2) is 142 Å². The van der Waals surface area contributed by atoms with Gasteiger partial charge in [-0.1, -0.05) is 125 Å². The highest BCUT2D eigenvalue weighted by atomic mass is 16.7. The van der Waals surface area contributed by atoms with Gasteiger partial charge >= 0.3 is 5.97 Å². The van der Waals surface area contributed by atoms with Crippen molar-refractivity contribution in [3.05, 3.63) is 85.1 Å². The molecule has 2 rings (SSSR count). The van der Waals surface area contributed by atoms with Gasteiger partial charge in [0.15, 0.2) is 12.6 Å². The minimum atomic E-state index is -1.72. The van der Waals surface area contributed by atoms with Crippen molar-refractivity contribution in [3.8, 4) is 0 Å². The molecule has 0 aromatic carbocycles. The molecule has 2 aliphatic heterocycles. The fraction of sp³-hybridized carbons (Fsp3) is 0.700. The van der Waals surface area contributed by atoms with Crippen LogP contribution < -0.4 is 0 Å². The van der Waals surface area contributed by atoms with Gasteiger partial charge in [-0.3, -0.25) is 4.79 Å². The zero-order valence-corrected chi connectivity index (χ0v) is 38.5. The summed E-state index contributed by atoms with van der Waals surface area (Å²) in [6, 6.07) is 0. The Morgan fingerprint density at radius 3 is 1.61 bits per heavy atom. The molecule has 14 heteroatoms. The van der Waals surface area contributed by atoms with E-state index >= 15 is 0 Å². The molecular formula is C50H82O14. The number of hydrogen-bond donors (Lipinski definition) is 7. The standard InChI is InChI=1S/C50H82O14/c1-3-5-7-9-11-13-15-16-17-18-19-20-21-22-23-24-26-28-30-32-34-59-36-39(62-42(52)33-31-29-27-25-14-12-10-8-6-4-2)37-60-49-48(58)46(56)44(54)41(64-49)38-61-50-47(57)45(55)43(53)40(35-51)63-50/h5,7-8,10-11,13,16-17,19-20,22-23,26,28,39-41,43-51,53-58H,3-4,6,9,12,14-15,18,21,24-25,27,29-38H2,1-2H3/b7-5-,10-8-,13-11-,17-16-,20-19-,23-22-,28-26-. The molecule has 366 valence electrons. The van der Waals surface area contributed by atoms with E-state index in [4.69, 9.17) is 28.4 Å². The summed E-state index contributed by atoms with van der Waals surface area (Å²) >= 11 is 0. The zero-order chi connectivity index (χ0) is 46.6. The van der Waals surface area contributed by atoms with Crippen molar-refractivity contribution < 1.29 is 69.0 Å². The number of hydrogen-bond acceptors (Lipinski definition) is 14. The van der Waals surface area contributed by atoms with Crippen LogP contribution in [0.3, 0.4) is 0 Å². The van der Waals surface area contributed by atoms with E-state index in [2.05, 4.69) is 98.9 Å². The molecule has 0 radical (unpaired) electrons. The number of allylic oxidation sites excluding steroid dienone is 14. The highest BCUT2D eigenvalue weighted by molar-refractivity contribution is 5.69. The molecule has 2 heterocycles. The van der Waals surface area contributed by atoms with Gasteiger partial charge in [-0.15, -0.1) is 0 Å². The molecule has 0 aromatic rings. The van der Waals surface area contributed by atoms with Gasteiger partial charge in [0.1, 0.15) is 54.9 Å². The Hall–Kier alpha value is -2.83. The summed E-state index contributed by atoms with van der Waals surface area (Å²) in [6.07, 6.45) is 29.6. The SMILES string of the molecule is CC/C=C\C/C=C\C/C=C\C/C=C\C/C=C\C/C=C\CCCOCC(COC1OC(COC2OC(CO)C(O)C(O)C2O)C(O)C(O)C1O)OC(=O)CCCCCCC/C=C\CCC. The fourth-order valence-corrected chi connectivity index (χ4v) is 6.77. The first-order valence-corrected chi connectivity index (χ1v) is 23.7. The minimum Gasteiger partial charge on any atom is -0.457 e. The number of aliphatic hydroxyl groups excluding tert-OH is 7. The lowest BCUT2D eigenvalue weighted by Crippen LogP contribution is -2.61. The largest absolute Gasteiger partial charge is 0.457 e. The van der Waals surface area contributed by atoms with Crippen LogP contribution in [0.25, 0.3) is 0 Å². The van der Waals surface area contributed by atoms with Crippen molar-refractivity contribution in [2.24, 2.45) is 0 Å². The number of unbranched alkanes of at least 4 members (excludes halogenated alkanes) is 7. The van der Waals surface area contributed by atoms with Crippen LogP contribution >= 0.6 is 0 Å². The normalized spacial score (nSPS) is 27.5. The van der Waals surface area contributed by atoms with E-state index in [1.165, 1.54) is 0 Å². The average molecular weight is 907 g/mol. The molecule has 11 atom stereocenters. The van der Waals surface area contributed by atoms with E-state index in [1.54, 1.807) is 0 Å². The van der Waals surface area contributed by atoms with Crippen molar-refractivity contribution in [1.82, 2.24) is 0 Å². The lowest BCUT2D eigenvalue weighted by Gasteiger charge is -2.42. The van der Waals surface area contributed by atoms with Crippen LogP contribution in [0, 0.1) is 0 Å². The molecule has 2 fully saturated rings. The van der Waals surface area contributed by atoms with Crippen molar-refractivity contribution in [2.75, 3.05) is 33.0 Å². The zero-order valence-electron chi connectivity index (χ0n) is 38.5. The molecule has 2 saturated heterocycles. The maximum Gasteiger partial charge on any atom is 0.306 e. The van der Waals surface area contributed by atoms with E-state index in [9.17, 15) is 40.5 Å². The molecule has 0 aliphatic carbocycles. The van der Waals surface area contributed by atoms with Crippen LogP contribution in [0.15, 0.2) is 85.1 Å². The first-order chi connectivity index (χ1) is 31.1. The lowest BCUT2D eigenvalue weighted by molar-refractivity contribution is -0.332. The lowest BCUT2D eigenvalue weighted by atomic mass is 9.98. The smallest absolute Gasteiger partial charge is 0.306 e. The van der Waals surface area contributed by atoms with Gasteiger partial charge in [-0.25, -0.2) is 0 Å². The highest BCUT2D eigenvalue weighted by Gasteiger charge is 2.47. The van der Waals surface area contributed by atoms with E-state index in [1.807, 2.05) is 0 Å². The summed E-state index contributed by atoms with van der Waals surface area (Å²) in [4.78, 5) is 12.9. The van der Waals surface area contributed by atoms with Crippen molar-refractivity contribution >= 4 is 5.97 Å². The Morgan fingerprint density at radius 2 is 1.02 bits per heavy atom. The quantitative estimate of drug-likeness (QED) is 0.0217. The summed E-state index contributed by atoms with van der Waals surface area (Å²) in [5.74, 6) is -0.413. The van der Waals surface area contributed by atoms with Crippen LogP contribution in [0.4, 0.5) is 0 Å². The highest BCUT2D eigenvalue weighted by Crippen LogP contribution is 2.26. The summed E-state index contributed by atoms with van der Waals surface area (Å²) in [7, 11) is 0. The molecule has 0 saturated carbocycles. The topological polar surface area (TPSA) is 214 Å². The van der Waals surface area contributed by atoms with Crippen LogP contribution in [0.2, 0.25) is 0 Å². The Kier molecular flexibility index (Phi) is 33.4. The molecule has 0 spiro atoms. The van der Waals surface area contributed by atoms with Gasteiger partial charge in [-0.2, -0.15) is 0 Å². The predicted molar refractivity (Wildman–Crippen MR) is 247 cm³/mol. The third-order valence-electron chi connectivity index (χ3n) is 10.6. The monoisotopic (exact) mass is 907 g/mol.